The van der Waals surface area contributed by atoms with Crippen LogP contribution in [0.2, 0.25) is 0 Å². The van der Waals surface area contributed by atoms with E-state index < -0.39 is 0 Å². The Balaban J connectivity index is 2.22. The molecule has 0 bridgehead atoms. The van der Waals surface area contributed by atoms with Gasteiger partial charge in [0.25, 0.3) is 0 Å². The van der Waals surface area contributed by atoms with Gasteiger partial charge in [0.05, 0.1) is 12.2 Å². The topological polar surface area (TPSA) is 55.6 Å². The number of nitrogens with zero attached hydrogens (tertiary/aromatic N) is 4. The van der Waals surface area contributed by atoms with Gasteiger partial charge in [0, 0.05) is 5.39 Å². The van der Waals surface area contributed by atoms with Gasteiger partial charge in [-0.25, -0.2) is 0 Å². The molecule has 5 nitrogen and oxygen atoms in total. The van der Waals surface area contributed by atoms with E-state index in [1.165, 1.54) is 5.39 Å². The number of benzene rings is 2. The van der Waals surface area contributed by atoms with Crippen LogP contribution in [0.25, 0.3) is 16.5 Å². The number of fused-ring (bicyclic) bond motifs is 1. The maximum Gasteiger partial charge on any atom is 0.170 e. The van der Waals surface area contributed by atoms with Crippen molar-refractivity contribution in [1.29, 1.82) is 0 Å². The Hall–Kier alpha value is -2.27. The van der Waals surface area contributed by atoms with E-state index in [0.29, 0.717) is 6.54 Å². The van der Waals surface area contributed by atoms with Crippen LogP contribution in [0.4, 0.5) is 0 Å². The fourth-order valence-corrected chi connectivity index (χ4v) is 2.05. The molecule has 90 valence electrons. The summed E-state index contributed by atoms with van der Waals surface area (Å²) in [5.74, 6) is 0.800. The zero-order valence-corrected chi connectivity index (χ0v) is 10.0. The lowest BCUT2D eigenvalue weighted by atomic mass is 10.1. The smallest absolute Gasteiger partial charge is 0.170 e. The first-order valence-electron chi connectivity index (χ1n) is 5.80. The normalized spacial score (nSPS) is 10.9. The van der Waals surface area contributed by atoms with Gasteiger partial charge in [-0.05, 0) is 28.9 Å². The molecule has 0 saturated carbocycles. The average Bonchev–Trinajstić information content (AvgIpc) is 2.87. The Kier molecular flexibility index (Phi) is 2.74. The van der Waals surface area contributed by atoms with Crippen molar-refractivity contribution in [2.45, 2.75) is 6.54 Å². The highest BCUT2D eigenvalue weighted by Gasteiger charge is 2.09. The molecule has 0 aliphatic heterocycles. The second kappa shape index (κ2) is 4.54. The number of aromatic nitrogens is 4. The number of rotatable bonds is 3. The maximum atomic E-state index is 4.07. The molecule has 1 heterocycles. The zero-order chi connectivity index (χ0) is 12.4. The molecule has 0 atom stereocenters. The van der Waals surface area contributed by atoms with Crippen LogP contribution < -0.4 is 5.32 Å². The first-order valence-corrected chi connectivity index (χ1v) is 5.80. The van der Waals surface area contributed by atoms with E-state index in [1.807, 2.05) is 31.3 Å². The van der Waals surface area contributed by atoms with E-state index in [4.69, 9.17) is 0 Å². The Morgan fingerprint density at radius 2 is 1.94 bits per heavy atom. The van der Waals surface area contributed by atoms with Crippen molar-refractivity contribution in [2.75, 3.05) is 7.05 Å². The largest absolute Gasteiger partial charge is 0.313 e. The molecule has 0 fully saturated rings. The number of hydrogen-bond acceptors (Lipinski definition) is 4. The van der Waals surface area contributed by atoms with Crippen LogP contribution >= 0.6 is 0 Å². The van der Waals surface area contributed by atoms with Gasteiger partial charge in [0.15, 0.2) is 5.82 Å². The lowest BCUT2D eigenvalue weighted by molar-refractivity contribution is 0.711. The molecular weight excluding hydrogens is 226 g/mol. The molecule has 0 radical (unpaired) electrons. The molecule has 0 unspecified atom stereocenters. The van der Waals surface area contributed by atoms with E-state index in [-0.39, 0.29) is 0 Å². The number of hydrogen-bond donors (Lipinski definition) is 1. The van der Waals surface area contributed by atoms with E-state index >= 15 is 0 Å². The van der Waals surface area contributed by atoms with Crippen LogP contribution in [-0.4, -0.2) is 27.3 Å². The molecule has 0 aliphatic rings. The Morgan fingerprint density at radius 3 is 2.83 bits per heavy atom. The Bertz CT molecular complexity index is 668. The van der Waals surface area contributed by atoms with E-state index in [0.717, 1.165) is 16.9 Å². The number of tetrazole rings is 1. The minimum atomic E-state index is 0.635. The lowest BCUT2D eigenvalue weighted by Crippen LogP contribution is -2.12. The molecule has 0 aliphatic carbocycles. The van der Waals surface area contributed by atoms with Crippen molar-refractivity contribution in [1.82, 2.24) is 25.5 Å². The molecule has 0 saturated heterocycles. The van der Waals surface area contributed by atoms with Gasteiger partial charge in [-0.1, -0.05) is 36.4 Å². The summed E-state index contributed by atoms with van der Waals surface area (Å²) in [5.41, 5.74) is 1.00. The summed E-state index contributed by atoms with van der Waals surface area (Å²) in [6, 6.07) is 14.3. The summed E-state index contributed by atoms with van der Waals surface area (Å²) in [6.07, 6.45) is 0. The second-order valence-corrected chi connectivity index (χ2v) is 4.04. The Labute approximate surface area is 104 Å². The van der Waals surface area contributed by atoms with Crippen LogP contribution in [0.3, 0.4) is 0 Å². The summed E-state index contributed by atoms with van der Waals surface area (Å²) >= 11 is 0. The minimum absolute atomic E-state index is 0.635. The van der Waals surface area contributed by atoms with Gasteiger partial charge >= 0.3 is 0 Å². The molecule has 0 amide bonds. The van der Waals surface area contributed by atoms with Crippen molar-refractivity contribution < 1.29 is 0 Å². The van der Waals surface area contributed by atoms with Crippen molar-refractivity contribution in [3.8, 4) is 5.69 Å². The SMILES string of the molecule is CNCc1nnnn1-c1cccc2ccccc12. The zero-order valence-electron chi connectivity index (χ0n) is 10.0. The molecule has 3 rings (SSSR count). The van der Waals surface area contributed by atoms with E-state index in [9.17, 15) is 0 Å². The van der Waals surface area contributed by atoms with Gasteiger partial charge in [-0.15, -0.1) is 5.10 Å². The predicted molar refractivity (Wildman–Crippen MR) is 69.4 cm³/mol. The first-order chi connectivity index (χ1) is 8.90. The summed E-state index contributed by atoms with van der Waals surface area (Å²) in [4.78, 5) is 0. The standard InChI is InChI=1S/C13H13N5/c1-14-9-13-15-16-17-18(13)12-8-4-6-10-5-2-3-7-11(10)12/h2-8,14H,9H2,1H3. The summed E-state index contributed by atoms with van der Waals surface area (Å²) in [6.45, 7) is 0.635. The van der Waals surface area contributed by atoms with Gasteiger partial charge in [-0.3, -0.25) is 0 Å². The minimum Gasteiger partial charge on any atom is -0.313 e. The molecule has 1 N–H and O–H groups in total. The van der Waals surface area contributed by atoms with Crippen molar-refractivity contribution >= 4 is 10.8 Å². The summed E-state index contributed by atoms with van der Waals surface area (Å²) in [7, 11) is 1.88. The molecule has 2 aromatic carbocycles. The van der Waals surface area contributed by atoms with Gasteiger partial charge in [-0.2, -0.15) is 4.68 Å². The van der Waals surface area contributed by atoms with Crippen LogP contribution in [0, 0.1) is 0 Å². The monoisotopic (exact) mass is 239 g/mol. The highest BCUT2D eigenvalue weighted by molar-refractivity contribution is 5.89. The van der Waals surface area contributed by atoms with Crippen LogP contribution in [0.15, 0.2) is 42.5 Å². The quantitative estimate of drug-likeness (QED) is 0.753. The van der Waals surface area contributed by atoms with Crippen LogP contribution in [0.1, 0.15) is 5.82 Å². The number of nitrogens with one attached hydrogen (secondary N) is 1. The van der Waals surface area contributed by atoms with Crippen LogP contribution in [0.5, 0.6) is 0 Å². The molecule has 1 aromatic heterocycles. The van der Waals surface area contributed by atoms with Gasteiger partial charge in [0.1, 0.15) is 0 Å². The fraction of sp³-hybridized carbons (Fsp3) is 0.154. The van der Waals surface area contributed by atoms with Crippen molar-refractivity contribution in [3.05, 3.63) is 48.3 Å². The van der Waals surface area contributed by atoms with Gasteiger partial charge in [0.2, 0.25) is 0 Å². The Morgan fingerprint density at radius 1 is 1.11 bits per heavy atom. The highest BCUT2D eigenvalue weighted by atomic mass is 15.5. The highest BCUT2D eigenvalue weighted by Crippen LogP contribution is 2.21. The maximum absolute atomic E-state index is 4.07. The molecule has 3 aromatic rings. The molecular formula is C13H13N5. The first kappa shape index (κ1) is 10.9. The third-order valence-electron chi connectivity index (χ3n) is 2.86. The third kappa shape index (κ3) is 1.74. The van der Waals surface area contributed by atoms with Crippen LogP contribution in [-0.2, 0) is 6.54 Å². The average molecular weight is 239 g/mol. The van der Waals surface area contributed by atoms with Crippen molar-refractivity contribution in [2.24, 2.45) is 0 Å². The lowest BCUT2D eigenvalue weighted by Gasteiger charge is -2.07. The second-order valence-electron chi connectivity index (χ2n) is 4.04. The summed E-state index contributed by atoms with van der Waals surface area (Å²) < 4.78 is 1.78. The van der Waals surface area contributed by atoms with E-state index in [2.05, 4.69) is 39.0 Å². The summed E-state index contributed by atoms with van der Waals surface area (Å²) in [5, 5.41) is 17.2. The fourth-order valence-electron chi connectivity index (χ4n) is 2.05. The van der Waals surface area contributed by atoms with Gasteiger partial charge < -0.3 is 5.32 Å². The van der Waals surface area contributed by atoms with E-state index in [1.54, 1.807) is 4.68 Å². The third-order valence-corrected chi connectivity index (χ3v) is 2.86. The molecule has 5 heteroatoms. The molecule has 0 spiro atoms. The molecule has 18 heavy (non-hydrogen) atoms. The van der Waals surface area contributed by atoms with Crippen molar-refractivity contribution in [3.63, 3.8) is 0 Å². The predicted octanol–water partition coefficient (Wildman–Crippen LogP) is 1.53.